The average molecular weight is 366 g/mol. The normalized spacial score (nSPS) is 12.8. The summed E-state index contributed by atoms with van der Waals surface area (Å²) in [7, 11) is -3.83. The highest BCUT2D eigenvalue weighted by Gasteiger charge is 2.15. The van der Waals surface area contributed by atoms with Gasteiger partial charge in [-0.3, -0.25) is 0 Å². The van der Waals surface area contributed by atoms with Crippen LogP contribution in [-0.4, -0.2) is 38.3 Å². The van der Waals surface area contributed by atoms with Gasteiger partial charge in [0.1, 0.15) is 6.61 Å². The highest BCUT2D eigenvalue weighted by molar-refractivity contribution is 7.89. The van der Waals surface area contributed by atoms with Gasteiger partial charge in [0, 0.05) is 13.1 Å². The van der Waals surface area contributed by atoms with Crippen LogP contribution < -0.4 is 15.2 Å². The van der Waals surface area contributed by atoms with Crippen LogP contribution in [-0.2, 0) is 10.0 Å². The number of aliphatic hydroxyl groups excluding tert-OH is 1. The Morgan fingerprint density at radius 1 is 1.24 bits per heavy atom. The average Bonchev–Trinajstić information content (AvgIpc) is 2.55. The first kappa shape index (κ1) is 19.2. The zero-order valence-electron chi connectivity index (χ0n) is 13.8. The van der Waals surface area contributed by atoms with E-state index in [2.05, 4.69) is 5.32 Å². The second-order valence-corrected chi connectivity index (χ2v) is 7.14. The van der Waals surface area contributed by atoms with Crippen molar-refractivity contribution in [1.29, 1.82) is 0 Å². The highest BCUT2D eigenvalue weighted by Crippen LogP contribution is 2.24. The number of nitrogens with two attached hydrogens (primary N) is 1. The molecule has 0 aromatic heterocycles. The number of sulfonamides is 1. The first-order valence-electron chi connectivity index (χ1n) is 7.72. The summed E-state index contributed by atoms with van der Waals surface area (Å²) < 4.78 is 28.5. The fourth-order valence-corrected chi connectivity index (χ4v) is 3.12. The molecule has 2 aromatic rings. The molecule has 0 aliphatic carbocycles. The number of phenolic OH excluding ortho intramolecular Hbond substituents is 1. The van der Waals surface area contributed by atoms with E-state index in [4.69, 9.17) is 9.88 Å². The molecule has 2 rings (SSSR count). The Balaban J connectivity index is 1.85. The van der Waals surface area contributed by atoms with Crippen molar-refractivity contribution in [3.05, 3.63) is 53.6 Å². The van der Waals surface area contributed by atoms with Crippen LogP contribution in [0.3, 0.4) is 0 Å². The summed E-state index contributed by atoms with van der Waals surface area (Å²) in [5.74, 6) is 0.457. The van der Waals surface area contributed by atoms with Crippen LogP contribution in [0.5, 0.6) is 11.5 Å². The zero-order chi connectivity index (χ0) is 18.4. The van der Waals surface area contributed by atoms with Crippen molar-refractivity contribution in [2.24, 2.45) is 5.14 Å². The predicted molar refractivity (Wildman–Crippen MR) is 94.0 cm³/mol. The van der Waals surface area contributed by atoms with Crippen molar-refractivity contribution in [2.45, 2.75) is 17.9 Å². The number of nitrogens with one attached hydrogen (secondary N) is 1. The van der Waals surface area contributed by atoms with Crippen molar-refractivity contribution in [3.63, 3.8) is 0 Å². The molecule has 0 spiro atoms. The maximum Gasteiger partial charge on any atom is 0.238 e. The Morgan fingerprint density at radius 2 is 1.96 bits per heavy atom. The number of aryl methyl sites for hydroxylation is 1. The molecule has 1 atom stereocenters. The largest absolute Gasteiger partial charge is 0.504 e. The lowest BCUT2D eigenvalue weighted by molar-refractivity contribution is 0.171. The number of hydrogen-bond acceptors (Lipinski definition) is 6. The maximum absolute atomic E-state index is 11.5. The number of hydrogen-bond donors (Lipinski definition) is 4. The van der Waals surface area contributed by atoms with Crippen molar-refractivity contribution < 1.29 is 23.4 Å². The van der Waals surface area contributed by atoms with Crippen LogP contribution in [0.4, 0.5) is 0 Å². The predicted octanol–water partition coefficient (Wildman–Crippen LogP) is 1.05. The van der Waals surface area contributed by atoms with E-state index in [-0.39, 0.29) is 17.2 Å². The van der Waals surface area contributed by atoms with Gasteiger partial charge in [-0.2, -0.15) is 0 Å². The third-order valence-electron chi connectivity index (χ3n) is 3.64. The van der Waals surface area contributed by atoms with Crippen molar-refractivity contribution in [3.8, 4) is 11.5 Å². The SMILES string of the molecule is Cc1ccc(C(O)CNCCOc2ccccc2O)cc1S(N)(=O)=O. The molecule has 0 aliphatic rings. The molecule has 7 nitrogen and oxygen atoms in total. The van der Waals surface area contributed by atoms with E-state index >= 15 is 0 Å². The Morgan fingerprint density at radius 3 is 2.64 bits per heavy atom. The summed E-state index contributed by atoms with van der Waals surface area (Å²) >= 11 is 0. The van der Waals surface area contributed by atoms with Gasteiger partial charge in [-0.15, -0.1) is 0 Å². The monoisotopic (exact) mass is 366 g/mol. The molecule has 1 unspecified atom stereocenters. The molecule has 2 aromatic carbocycles. The lowest BCUT2D eigenvalue weighted by atomic mass is 10.1. The zero-order valence-corrected chi connectivity index (χ0v) is 14.7. The third-order valence-corrected chi connectivity index (χ3v) is 4.70. The van der Waals surface area contributed by atoms with E-state index in [0.29, 0.717) is 30.0 Å². The molecule has 0 fully saturated rings. The summed E-state index contributed by atoms with van der Waals surface area (Å²) in [5, 5.41) is 27.9. The molecule has 136 valence electrons. The molecule has 25 heavy (non-hydrogen) atoms. The quantitative estimate of drug-likeness (QED) is 0.518. The number of phenols is 1. The summed E-state index contributed by atoms with van der Waals surface area (Å²) in [4.78, 5) is 0.00642. The molecule has 0 saturated heterocycles. The number of primary sulfonamides is 1. The molecule has 5 N–H and O–H groups in total. The van der Waals surface area contributed by atoms with Gasteiger partial charge in [0.2, 0.25) is 10.0 Å². The number of aliphatic hydroxyl groups is 1. The second-order valence-electron chi connectivity index (χ2n) is 5.61. The first-order valence-corrected chi connectivity index (χ1v) is 9.26. The summed E-state index contributed by atoms with van der Waals surface area (Å²) in [6.07, 6.45) is -0.883. The van der Waals surface area contributed by atoms with Crippen LogP contribution in [0.25, 0.3) is 0 Å². The third kappa shape index (κ3) is 5.43. The molecular weight excluding hydrogens is 344 g/mol. The van der Waals surface area contributed by atoms with Gasteiger partial charge in [-0.25, -0.2) is 13.6 Å². The van der Waals surface area contributed by atoms with E-state index in [1.54, 1.807) is 37.3 Å². The Labute approximate surface area is 147 Å². The number of aromatic hydroxyl groups is 1. The van der Waals surface area contributed by atoms with Gasteiger partial charge < -0.3 is 20.3 Å². The molecule has 0 aliphatic heterocycles. The minimum Gasteiger partial charge on any atom is -0.504 e. The van der Waals surface area contributed by atoms with Crippen LogP contribution in [0.1, 0.15) is 17.2 Å². The fraction of sp³-hybridized carbons (Fsp3) is 0.294. The fourth-order valence-electron chi connectivity index (χ4n) is 2.30. The minimum absolute atomic E-state index is 0.00642. The van der Waals surface area contributed by atoms with E-state index in [1.165, 1.54) is 12.1 Å². The standard InChI is InChI=1S/C17H22N2O5S/c1-12-6-7-13(10-17(12)25(18,22)23)15(21)11-19-8-9-24-16-5-3-2-4-14(16)20/h2-7,10,15,19-21H,8-9,11H2,1H3,(H2,18,22,23). The molecule has 0 heterocycles. The topological polar surface area (TPSA) is 122 Å². The summed E-state index contributed by atoms with van der Waals surface area (Å²) in [6, 6.07) is 11.3. The van der Waals surface area contributed by atoms with Gasteiger partial charge in [-0.05, 0) is 36.2 Å². The van der Waals surface area contributed by atoms with Crippen LogP contribution in [0.2, 0.25) is 0 Å². The summed E-state index contributed by atoms with van der Waals surface area (Å²) in [6.45, 7) is 2.61. The van der Waals surface area contributed by atoms with Crippen LogP contribution >= 0.6 is 0 Å². The van der Waals surface area contributed by atoms with E-state index in [0.717, 1.165) is 0 Å². The number of benzene rings is 2. The van der Waals surface area contributed by atoms with Crippen molar-refractivity contribution in [1.82, 2.24) is 5.32 Å². The van der Waals surface area contributed by atoms with E-state index < -0.39 is 16.1 Å². The highest BCUT2D eigenvalue weighted by atomic mass is 32.2. The molecule has 0 amide bonds. The van der Waals surface area contributed by atoms with Gasteiger partial charge in [0.25, 0.3) is 0 Å². The molecule has 0 bridgehead atoms. The molecule has 0 saturated carbocycles. The summed E-state index contributed by atoms with van der Waals surface area (Å²) in [5.41, 5.74) is 0.992. The Kier molecular flexibility index (Phi) is 6.38. The molecule has 0 radical (unpaired) electrons. The first-order chi connectivity index (χ1) is 11.8. The smallest absolute Gasteiger partial charge is 0.238 e. The second kappa shape index (κ2) is 8.30. The van der Waals surface area contributed by atoms with Gasteiger partial charge in [0.15, 0.2) is 11.5 Å². The van der Waals surface area contributed by atoms with E-state index in [9.17, 15) is 18.6 Å². The molecular formula is C17H22N2O5S. The lowest BCUT2D eigenvalue weighted by Gasteiger charge is -2.14. The maximum atomic E-state index is 11.5. The number of rotatable bonds is 8. The van der Waals surface area contributed by atoms with Crippen LogP contribution in [0.15, 0.2) is 47.4 Å². The van der Waals surface area contributed by atoms with E-state index in [1.807, 2.05) is 0 Å². The Hall–Kier alpha value is -2.13. The van der Waals surface area contributed by atoms with Gasteiger partial charge in [-0.1, -0.05) is 24.3 Å². The van der Waals surface area contributed by atoms with Crippen LogP contribution in [0, 0.1) is 6.92 Å². The number of ether oxygens (including phenoxy) is 1. The van der Waals surface area contributed by atoms with Crippen molar-refractivity contribution in [2.75, 3.05) is 19.7 Å². The lowest BCUT2D eigenvalue weighted by Crippen LogP contribution is -2.26. The molecule has 8 heteroatoms. The minimum atomic E-state index is -3.83. The Bertz CT molecular complexity index is 824. The van der Waals surface area contributed by atoms with Crippen molar-refractivity contribution >= 4 is 10.0 Å². The number of para-hydroxylation sites is 2. The van der Waals surface area contributed by atoms with Gasteiger partial charge >= 0.3 is 0 Å². The van der Waals surface area contributed by atoms with Gasteiger partial charge in [0.05, 0.1) is 11.0 Å².